The van der Waals surface area contributed by atoms with Crippen LogP contribution >= 0.6 is 0 Å². The molecular formula is C31H36N6O6. The second-order valence-electron chi connectivity index (χ2n) is 9.56. The van der Waals surface area contributed by atoms with Crippen molar-refractivity contribution >= 4 is 22.3 Å². The summed E-state index contributed by atoms with van der Waals surface area (Å²) in [6.45, 7) is 2.47. The molecule has 0 aliphatic carbocycles. The van der Waals surface area contributed by atoms with Crippen LogP contribution in [0.25, 0.3) is 22.3 Å². The van der Waals surface area contributed by atoms with Gasteiger partial charge in [-0.05, 0) is 43.4 Å². The van der Waals surface area contributed by atoms with Gasteiger partial charge < -0.3 is 19.3 Å². The first-order valence-electron chi connectivity index (χ1n) is 14.1. The Bertz CT molecular complexity index is 1720. The van der Waals surface area contributed by atoms with Crippen molar-refractivity contribution in [2.24, 2.45) is 0 Å². The number of benzene rings is 1. The standard InChI is InChI=1S/C19H21N3O3.C12H15N3O3/c1-24-17-10-9-16-19(21-17)22(18(23)13-20-16)11-5-6-12-25-14-15-7-3-2-4-8-15;1-18-10-5-4-9-12(14-10)15(6-2-3-7-16)11(17)8-13-9/h2-4,7-10,13H,5-6,11-12,14H2,1H3;4-5,8,16H,2-3,6-7H2,1H3. The van der Waals surface area contributed by atoms with Crippen molar-refractivity contribution in [2.75, 3.05) is 27.4 Å². The molecule has 0 spiro atoms. The van der Waals surface area contributed by atoms with Gasteiger partial charge in [0.15, 0.2) is 11.3 Å². The van der Waals surface area contributed by atoms with Crippen molar-refractivity contribution < 1.29 is 19.3 Å². The van der Waals surface area contributed by atoms with E-state index in [-0.39, 0.29) is 17.7 Å². The molecule has 0 bridgehead atoms. The average Bonchev–Trinajstić information content (AvgIpc) is 3.05. The molecule has 0 fully saturated rings. The van der Waals surface area contributed by atoms with Gasteiger partial charge in [-0.1, -0.05) is 30.3 Å². The van der Waals surface area contributed by atoms with E-state index in [1.54, 1.807) is 40.5 Å². The van der Waals surface area contributed by atoms with Crippen LogP contribution in [0.2, 0.25) is 0 Å². The fraction of sp³-hybridized carbons (Fsp3) is 0.355. The topological polar surface area (TPSA) is 143 Å². The van der Waals surface area contributed by atoms with Crippen LogP contribution in [0.3, 0.4) is 0 Å². The van der Waals surface area contributed by atoms with Crippen LogP contribution < -0.4 is 20.6 Å². The Labute approximate surface area is 248 Å². The Kier molecular flexibility index (Phi) is 11.7. The molecule has 226 valence electrons. The molecule has 4 aromatic heterocycles. The third kappa shape index (κ3) is 8.66. The third-order valence-electron chi connectivity index (χ3n) is 6.57. The molecule has 5 aromatic rings. The quantitative estimate of drug-likeness (QED) is 0.203. The van der Waals surface area contributed by atoms with E-state index in [4.69, 9.17) is 19.3 Å². The van der Waals surface area contributed by atoms with Gasteiger partial charge in [-0.15, -0.1) is 0 Å². The van der Waals surface area contributed by atoms with Gasteiger partial charge in [-0.25, -0.2) is 9.97 Å². The van der Waals surface area contributed by atoms with Crippen LogP contribution in [0, 0.1) is 0 Å². The van der Waals surface area contributed by atoms with Crippen LogP contribution in [0.4, 0.5) is 0 Å². The Hall–Kier alpha value is -4.68. The highest BCUT2D eigenvalue weighted by Gasteiger charge is 2.08. The van der Waals surface area contributed by atoms with E-state index in [1.807, 2.05) is 30.3 Å². The minimum atomic E-state index is -0.193. The number of fused-ring (bicyclic) bond motifs is 2. The first-order chi connectivity index (χ1) is 21.0. The third-order valence-corrected chi connectivity index (χ3v) is 6.57. The summed E-state index contributed by atoms with van der Waals surface area (Å²) in [5, 5.41) is 8.77. The Morgan fingerprint density at radius 2 is 1.23 bits per heavy atom. The molecule has 43 heavy (non-hydrogen) atoms. The second-order valence-corrected chi connectivity index (χ2v) is 9.56. The van der Waals surface area contributed by atoms with Gasteiger partial charge in [0, 0.05) is 38.4 Å². The van der Waals surface area contributed by atoms with Gasteiger partial charge in [0.2, 0.25) is 11.8 Å². The van der Waals surface area contributed by atoms with Gasteiger partial charge in [-0.3, -0.25) is 18.7 Å². The molecule has 1 N–H and O–H groups in total. The molecule has 0 atom stereocenters. The number of pyridine rings is 2. The van der Waals surface area contributed by atoms with E-state index in [2.05, 4.69) is 19.9 Å². The van der Waals surface area contributed by atoms with E-state index in [9.17, 15) is 9.59 Å². The lowest BCUT2D eigenvalue weighted by Crippen LogP contribution is -2.21. The SMILES string of the molecule is COc1ccc2ncc(=O)n(CCCCO)c2n1.COc1ccc2ncc(=O)n(CCCCOCc3ccccc3)c2n1. The number of rotatable bonds is 13. The van der Waals surface area contributed by atoms with Crippen molar-refractivity contribution in [1.29, 1.82) is 0 Å². The van der Waals surface area contributed by atoms with Gasteiger partial charge >= 0.3 is 0 Å². The van der Waals surface area contributed by atoms with Gasteiger partial charge in [0.25, 0.3) is 11.1 Å². The number of aliphatic hydroxyl groups is 1. The minimum absolute atomic E-state index is 0.120. The van der Waals surface area contributed by atoms with E-state index < -0.39 is 0 Å². The predicted octanol–water partition coefficient (Wildman–Crippen LogP) is 3.37. The maximum Gasteiger partial charge on any atom is 0.270 e. The van der Waals surface area contributed by atoms with Crippen molar-refractivity contribution in [3.8, 4) is 11.8 Å². The number of unbranched alkanes of at least 4 members (excludes halogenated alkanes) is 2. The molecule has 0 saturated carbocycles. The molecule has 0 radical (unpaired) electrons. The maximum atomic E-state index is 12.1. The highest BCUT2D eigenvalue weighted by molar-refractivity contribution is 5.71. The molecule has 0 unspecified atom stereocenters. The fourth-order valence-electron chi connectivity index (χ4n) is 4.32. The Morgan fingerprint density at radius 1 is 0.698 bits per heavy atom. The molecule has 1 aromatic carbocycles. The van der Waals surface area contributed by atoms with Crippen molar-refractivity contribution in [2.45, 2.75) is 45.4 Å². The number of hydrogen-bond donors (Lipinski definition) is 1. The van der Waals surface area contributed by atoms with Gasteiger partial charge in [0.05, 0.1) is 33.2 Å². The number of aliphatic hydroxyl groups excluding tert-OH is 1. The van der Waals surface area contributed by atoms with Crippen molar-refractivity contribution in [3.05, 3.63) is 93.3 Å². The second kappa shape index (κ2) is 16.1. The summed E-state index contributed by atoms with van der Waals surface area (Å²) in [4.78, 5) is 40.7. The molecule has 0 aliphatic rings. The number of ether oxygens (including phenoxy) is 3. The van der Waals surface area contributed by atoms with E-state index in [0.717, 1.165) is 18.4 Å². The fourth-order valence-corrected chi connectivity index (χ4v) is 4.32. The predicted molar refractivity (Wildman–Crippen MR) is 162 cm³/mol. The van der Waals surface area contributed by atoms with Crippen molar-refractivity contribution in [1.82, 2.24) is 29.1 Å². The zero-order chi connectivity index (χ0) is 30.4. The summed E-state index contributed by atoms with van der Waals surface area (Å²) in [6.07, 6.45) is 5.69. The number of aryl methyl sites for hydroxylation is 2. The van der Waals surface area contributed by atoms with E-state index in [1.165, 1.54) is 19.5 Å². The lowest BCUT2D eigenvalue weighted by atomic mass is 10.2. The summed E-state index contributed by atoms with van der Waals surface area (Å²) < 4.78 is 19.1. The molecule has 0 saturated heterocycles. The lowest BCUT2D eigenvalue weighted by Gasteiger charge is -2.10. The monoisotopic (exact) mass is 588 g/mol. The maximum absolute atomic E-state index is 12.1. The molecule has 12 heteroatoms. The summed E-state index contributed by atoms with van der Waals surface area (Å²) >= 11 is 0. The molecular weight excluding hydrogens is 552 g/mol. The zero-order valence-corrected chi connectivity index (χ0v) is 24.4. The highest BCUT2D eigenvalue weighted by atomic mass is 16.5. The van der Waals surface area contributed by atoms with E-state index in [0.29, 0.717) is 73.2 Å². The van der Waals surface area contributed by atoms with Crippen molar-refractivity contribution in [3.63, 3.8) is 0 Å². The molecule has 5 rings (SSSR count). The number of aromatic nitrogens is 6. The summed E-state index contributed by atoms with van der Waals surface area (Å²) in [5.74, 6) is 0.922. The summed E-state index contributed by atoms with van der Waals surface area (Å²) in [5.41, 5.74) is 3.21. The number of nitrogens with zero attached hydrogens (tertiary/aromatic N) is 6. The largest absolute Gasteiger partial charge is 0.481 e. The van der Waals surface area contributed by atoms with Gasteiger partial charge in [-0.2, -0.15) is 9.97 Å². The summed E-state index contributed by atoms with van der Waals surface area (Å²) in [7, 11) is 3.08. The lowest BCUT2D eigenvalue weighted by molar-refractivity contribution is 0.116. The van der Waals surface area contributed by atoms with Gasteiger partial charge in [0.1, 0.15) is 11.0 Å². The highest BCUT2D eigenvalue weighted by Crippen LogP contribution is 2.14. The number of methoxy groups -OCH3 is 2. The molecule has 0 amide bonds. The summed E-state index contributed by atoms with van der Waals surface area (Å²) in [6, 6.07) is 17.1. The molecule has 4 heterocycles. The molecule has 12 nitrogen and oxygen atoms in total. The zero-order valence-electron chi connectivity index (χ0n) is 24.4. The Balaban J connectivity index is 0.000000208. The Morgan fingerprint density at radius 3 is 1.74 bits per heavy atom. The van der Waals surface area contributed by atoms with Crippen LogP contribution in [0.1, 0.15) is 31.2 Å². The number of hydrogen-bond acceptors (Lipinski definition) is 10. The smallest absolute Gasteiger partial charge is 0.270 e. The average molecular weight is 589 g/mol. The van der Waals surface area contributed by atoms with Crippen LogP contribution in [0.5, 0.6) is 11.8 Å². The normalized spacial score (nSPS) is 10.9. The first-order valence-corrected chi connectivity index (χ1v) is 14.1. The first kappa shape index (κ1) is 31.3. The minimum Gasteiger partial charge on any atom is -0.481 e. The van der Waals surface area contributed by atoms with Crippen LogP contribution in [-0.2, 0) is 24.4 Å². The molecule has 0 aliphatic heterocycles. The van der Waals surface area contributed by atoms with E-state index >= 15 is 0 Å². The van der Waals surface area contributed by atoms with Crippen LogP contribution in [0.15, 0.2) is 76.6 Å². The van der Waals surface area contributed by atoms with Crippen LogP contribution in [-0.4, -0.2) is 61.6 Å².